The number of hydrogen-bond donors (Lipinski definition) is 2. The van der Waals surface area contributed by atoms with E-state index in [0.29, 0.717) is 0 Å². The first-order valence-electron chi connectivity index (χ1n) is 5.32. The second-order valence-electron chi connectivity index (χ2n) is 4.77. The average Bonchev–Trinajstić information content (AvgIpc) is 1.98. The third kappa shape index (κ3) is 2.00. The van der Waals surface area contributed by atoms with Gasteiger partial charge in [0.25, 0.3) is 0 Å². The molecule has 0 saturated heterocycles. The highest BCUT2D eigenvalue weighted by atomic mass is 16.6. The fourth-order valence-corrected chi connectivity index (χ4v) is 1.98. The SMILES string of the molecule is CC1(OC(=O)NC2CC(N)C2)CCC1. The van der Waals surface area contributed by atoms with Gasteiger partial charge in [0.15, 0.2) is 0 Å². The summed E-state index contributed by atoms with van der Waals surface area (Å²) in [5.74, 6) is 0. The quantitative estimate of drug-likeness (QED) is 0.699. The Balaban J connectivity index is 1.68. The van der Waals surface area contributed by atoms with E-state index in [1.807, 2.05) is 6.92 Å². The van der Waals surface area contributed by atoms with Gasteiger partial charge in [-0.25, -0.2) is 4.79 Å². The minimum Gasteiger partial charge on any atom is -0.443 e. The van der Waals surface area contributed by atoms with Gasteiger partial charge < -0.3 is 15.8 Å². The van der Waals surface area contributed by atoms with E-state index in [2.05, 4.69) is 5.32 Å². The molecule has 14 heavy (non-hydrogen) atoms. The maximum Gasteiger partial charge on any atom is 0.407 e. The number of amides is 1. The largest absolute Gasteiger partial charge is 0.443 e. The molecule has 0 unspecified atom stereocenters. The van der Waals surface area contributed by atoms with Gasteiger partial charge in [-0.1, -0.05) is 0 Å². The highest BCUT2D eigenvalue weighted by Gasteiger charge is 2.37. The van der Waals surface area contributed by atoms with Crippen molar-refractivity contribution < 1.29 is 9.53 Å². The Morgan fingerprint density at radius 2 is 2.14 bits per heavy atom. The maximum absolute atomic E-state index is 11.4. The van der Waals surface area contributed by atoms with Crippen LogP contribution in [0.25, 0.3) is 0 Å². The van der Waals surface area contributed by atoms with Gasteiger partial charge in [0, 0.05) is 12.1 Å². The van der Waals surface area contributed by atoms with Gasteiger partial charge in [0.05, 0.1) is 0 Å². The zero-order chi connectivity index (χ0) is 10.2. The molecule has 0 bridgehead atoms. The number of alkyl carbamates (subject to hydrolysis) is 1. The van der Waals surface area contributed by atoms with E-state index >= 15 is 0 Å². The Morgan fingerprint density at radius 1 is 1.50 bits per heavy atom. The highest BCUT2D eigenvalue weighted by molar-refractivity contribution is 5.68. The summed E-state index contributed by atoms with van der Waals surface area (Å²) >= 11 is 0. The van der Waals surface area contributed by atoms with Crippen LogP contribution in [-0.4, -0.2) is 23.8 Å². The summed E-state index contributed by atoms with van der Waals surface area (Å²) in [6.07, 6.45) is 4.63. The highest BCUT2D eigenvalue weighted by Crippen LogP contribution is 2.35. The standard InChI is InChI=1S/C10H18N2O2/c1-10(3-2-4-10)14-9(13)12-8-5-7(11)6-8/h7-8H,2-6,11H2,1H3,(H,12,13). The molecule has 1 amide bonds. The van der Waals surface area contributed by atoms with Crippen molar-refractivity contribution in [2.24, 2.45) is 5.73 Å². The molecule has 2 aliphatic carbocycles. The van der Waals surface area contributed by atoms with Crippen molar-refractivity contribution in [1.29, 1.82) is 0 Å². The second kappa shape index (κ2) is 3.42. The van der Waals surface area contributed by atoms with E-state index < -0.39 is 0 Å². The summed E-state index contributed by atoms with van der Waals surface area (Å²) in [5, 5.41) is 2.83. The van der Waals surface area contributed by atoms with Gasteiger partial charge in [-0.2, -0.15) is 0 Å². The Labute approximate surface area is 84.2 Å². The maximum atomic E-state index is 11.4. The Bertz CT molecular complexity index is 232. The summed E-state index contributed by atoms with van der Waals surface area (Å²) < 4.78 is 5.32. The van der Waals surface area contributed by atoms with E-state index in [4.69, 9.17) is 10.5 Å². The molecule has 0 atom stereocenters. The Morgan fingerprint density at radius 3 is 2.57 bits per heavy atom. The van der Waals surface area contributed by atoms with Crippen molar-refractivity contribution in [2.75, 3.05) is 0 Å². The minimum absolute atomic E-state index is 0.198. The number of nitrogens with two attached hydrogens (primary N) is 1. The number of carbonyl (C=O) groups is 1. The van der Waals surface area contributed by atoms with Crippen LogP contribution in [0.5, 0.6) is 0 Å². The Kier molecular flexibility index (Phi) is 2.39. The smallest absolute Gasteiger partial charge is 0.407 e. The lowest BCUT2D eigenvalue weighted by Crippen LogP contribution is -2.52. The van der Waals surface area contributed by atoms with Gasteiger partial charge >= 0.3 is 6.09 Å². The number of ether oxygens (including phenoxy) is 1. The fraction of sp³-hybridized carbons (Fsp3) is 0.900. The molecule has 3 N–H and O–H groups in total. The molecule has 4 nitrogen and oxygen atoms in total. The summed E-state index contributed by atoms with van der Waals surface area (Å²) in [6, 6.07) is 0.501. The molecule has 0 heterocycles. The predicted molar refractivity (Wildman–Crippen MR) is 52.9 cm³/mol. The van der Waals surface area contributed by atoms with Crippen LogP contribution in [0.15, 0.2) is 0 Å². The number of hydrogen-bond acceptors (Lipinski definition) is 3. The first kappa shape index (κ1) is 9.77. The second-order valence-corrected chi connectivity index (χ2v) is 4.77. The van der Waals surface area contributed by atoms with Crippen LogP contribution < -0.4 is 11.1 Å². The zero-order valence-corrected chi connectivity index (χ0v) is 8.58. The van der Waals surface area contributed by atoms with E-state index in [1.54, 1.807) is 0 Å². The van der Waals surface area contributed by atoms with Crippen LogP contribution in [-0.2, 0) is 4.74 Å². The molecule has 0 spiro atoms. The summed E-state index contributed by atoms with van der Waals surface area (Å²) in [6.45, 7) is 1.99. The average molecular weight is 198 g/mol. The molecule has 4 heteroatoms. The lowest BCUT2D eigenvalue weighted by Gasteiger charge is -2.39. The van der Waals surface area contributed by atoms with Crippen molar-refractivity contribution in [1.82, 2.24) is 5.32 Å². The topological polar surface area (TPSA) is 64.3 Å². The number of carbonyl (C=O) groups excluding carboxylic acids is 1. The van der Waals surface area contributed by atoms with Crippen LogP contribution in [0.1, 0.15) is 39.0 Å². The molecule has 2 fully saturated rings. The van der Waals surface area contributed by atoms with E-state index in [-0.39, 0.29) is 23.8 Å². The molecule has 0 radical (unpaired) electrons. The third-order valence-corrected chi connectivity index (χ3v) is 3.25. The van der Waals surface area contributed by atoms with Crippen LogP contribution in [0.2, 0.25) is 0 Å². The van der Waals surface area contributed by atoms with Crippen LogP contribution in [0.4, 0.5) is 4.79 Å². The Hall–Kier alpha value is -0.770. The van der Waals surface area contributed by atoms with Crippen LogP contribution in [0.3, 0.4) is 0 Å². The molecule has 0 aromatic carbocycles. The molecule has 0 aromatic rings. The van der Waals surface area contributed by atoms with Crippen molar-refractivity contribution in [2.45, 2.75) is 56.7 Å². The fourth-order valence-electron chi connectivity index (χ4n) is 1.98. The molecule has 0 aliphatic heterocycles. The van der Waals surface area contributed by atoms with Gasteiger partial charge in [-0.05, 0) is 39.0 Å². The summed E-state index contributed by atoms with van der Waals surface area (Å²) in [7, 11) is 0. The lowest BCUT2D eigenvalue weighted by atomic mass is 9.82. The molecule has 2 rings (SSSR count). The summed E-state index contributed by atoms with van der Waals surface area (Å²) in [4.78, 5) is 11.4. The van der Waals surface area contributed by atoms with E-state index in [0.717, 1.165) is 32.1 Å². The molecular formula is C10H18N2O2. The molecule has 0 aromatic heterocycles. The van der Waals surface area contributed by atoms with Crippen LogP contribution >= 0.6 is 0 Å². The molecule has 2 aliphatic rings. The van der Waals surface area contributed by atoms with Gasteiger partial charge in [0.2, 0.25) is 0 Å². The van der Waals surface area contributed by atoms with Gasteiger partial charge in [-0.3, -0.25) is 0 Å². The first-order chi connectivity index (χ1) is 6.57. The minimum atomic E-state index is -0.274. The van der Waals surface area contributed by atoms with E-state index in [9.17, 15) is 4.79 Å². The van der Waals surface area contributed by atoms with Gasteiger partial charge in [-0.15, -0.1) is 0 Å². The lowest BCUT2D eigenvalue weighted by molar-refractivity contribution is -0.0345. The normalized spacial score (nSPS) is 33.9. The first-order valence-corrected chi connectivity index (χ1v) is 5.32. The van der Waals surface area contributed by atoms with Crippen molar-refractivity contribution >= 4 is 6.09 Å². The monoisotopic (exact) mass is 198 g/mol. The number of rotatable bonds is 2. The van der Waals surface area contributed by atoms with Gasteiger partial charge in [0.1, 0.15) is 5.60 Å². The zero-order valence-electron chi connectivity index (χ0n) is 8.58. The van der Waals surface area contributed by atoms with E-state index in [1.165, 1.54) is 0 Å². The van der Waals surface area contributed by atoms with Crippen molar-refractivity contribution in [3.63, 3.8) is 0 Å². The molecular weight excluding hydrogens is 180 g/mol. The predicted octanol–water partition coefficient (Wildman–Crippen LogP) is 1.14. The van der Waals surface area contributed by atoms with Crippen molar-refractivity contribution in [3.8, 4) is 0 Å². The third-order valence-electron chi connectivity index (χ3n) is 3.25. The summed E-state index contributed by atoms with van der Waals surface area (Å²) in [5.41, 5.74) is 5.42. The molecule has 80 valence electrons. The van der Waals surface area contributed by atoms with Crippen LogP contribution in [0, 0.1) is 0 Å². The van der Waals surface area contributed by atoms with Crippen molar-refractivity contribution in [3.05, 3.63) is 0 Å². The molecule has 2 saturated carbocycles. The number of nitrogens with one attached hydrogen (secondary N) is 1.